The Kier molecular flexibility index (Phi) is 5.49. The number of nitrogens with one attached hydrogen (secondary N) is 2. The average Bonchev–Trinajstić information content (AvgIpc) is 3.12. The van der Waals surface area contributed by atoms with E-state index in [2.05, 4.69) is 15.5 Å². The van der Waals surface area contributed by atoms with Crippen LogP contribution < -0.4 is 10.6 Å². The second kappa shape index (κ2) is 8.04. The number of amides is 3. The predicted molar refractivity (Wildman–Crippen MR) is 101 cm³/mol. The molecule has 0 radical (unpaired) electrons. The number of ether oxygens (including phenoxy) is 2. The summed E-state index contributed by atoms with van der Waals surface area (Å²) in [7, 11) is 0. The lowest BCUT2D eigenvalue weighted by Gasteiger charge is -2.46. The van der Waals surface area contributed by atoms with Gasteiger partial charge in [0.05, 0.1) is 24.8 Å². The van der Waals surface area contributed by atoms with Crippen molar-refractivity contribution in [3.63, 3.8) is 0 Å². The van der Waals surface area contributed by atoms with E-state index in [0.29, 0.717) is 38.5 Å². The number of aliphatic hydroxyl groups excluding tert-OH is 1. The van der Waals surface area contributed by atoms with Crippen LogP contribution in [0.1, 0.15) is 6.92 Å². The van der Waals surface area contributed by atoms with E-state index in [0.717, 1.165) is 0 Å². The first-order chi connectivity index (χ1) is 13.5. The molecule has 4 rings (SSSR count). The van der Waals surface area contributed by atoms with Gasteiger partial charge in [-0.25, -0.2) is 4.79 Å². The van der Waals surface area contributed by atoms with E-state index < -0.39 is 36.6 Å². The maximum absolute atomic E-state index is 12.4. The van der Waals surface area contributed by atoms with Gasteiger partial charge in [-0.2, -0.15) is 0 Å². The molecule has 1 aromatic carbocycles. The molecule has 3 saturated heterocycles. The van der Waals surface area contributed by atoms with E-state index in [4.69, 9.17) is 9.47 Å². The van der Waals surface area contributed by atoms with Crippen LogP contribution in [0.15, 0.2) is 30.3 Å². The highest BCUT2D eigenvalue weighted by molar-refractivity contribution is 5.89. The Bertz CT molecular complexity index is 710. The lowest BCUT2D eigenvalue weighted by atomic mass is 9.94. The number of carbonyl (C=O) groups is 2. The second-order valence-electron chi connectivity index (χ2n) is 7.39. The molecule has 2 bridgehead atoms. The minimum absolute atomic E-state index is 0.0504. The molecule has 1 aromatic rings. The molecular weight excluding hydrogens is 364 g/mol. The number of urea groups is 1. The predicted octanol–water partition coefficient (Wildman–Crippen LogP) is -0.175. The Hall–Kier alpha value is -2.20. The summed E-state index contributed by atoms with van der Waals surface area (Å²) in [6, 6.07) is 7.74. The summed E-state index contributed by atoms with van der Waals surface area (Å²) >= 11 is 0. The number of piperazine rings is 1. The highest BCUT2D eigenvalue weighted by atomic mass is 16.7. The summed E-state index contributed by atoms with van der Waals surface area (Å²) in [5.41, 5.74) is 0.670. The Morgan fingerprint density at radius 3 is 2.54 bits per heavy atom. The fraction of sp³-hybridized carbons (Fsp3) is 0.579. The zero-order chi connectivity index (χ0) is 19.7. The maximum atomic E-state index is 12.4. The quantitative estimate of drug-likeness (QED) is 0.662. The largest absolute Gasteiger partial charge is 0.389 e. The molecule has 152 valence electrons. The van der Waals surface area contributed by atoms with Crippen LogP contribution in [-0.4, -0.2) is 90.2 Å². The van der Waals surface area contributed by atoms with Crippen molar-refractivity contribution in [3.8, 4) is 0 Å². The van der Waals surface area contributed by atoms with Gasteiger partial charge in [0, 0.05) is 38.8 Å². The van der Waals surface area contributed by atoms with Crippen molar-refractivity contribution < 1.29 is 24.2 Å². The zero-order valence-corrected chi connectivity index (χ0v) is 15.8. The number of para-hydroxylation sites is 1. The number of anilines is 1. The van der Waals surface area contributed by atoms with Gasteiger partial charge >= 0.3 is 6.03 Å². The van der Waals surface area contributed by atoms with Gasteiger partial charge in [0.1, 0.15) is 6.10 Å². The van der Waals surface area contributed by atoms with E-state index in [1.165, 1.54) is 0 Å². The SMILES string of the molecule is CC(=O)N1CCN([C@@H]2[C@@H]3OC[C@H](O3)[C@@H](NC(=O)Nc3ccccc3)[C@@H]2O)CC1. The molecule has 0 spiro atoms. The molecule has 0 unspecified atom stereocenters. The average molecular weight is 390 g/mol. The normalized spacial score (nSPS) is 32.8. The van der Waals surface area contributed by atoms with E-state index in [1.807, 2.05) is 18.2 Å². The first kappa shape index (κ1) is 19.1. The number of aliphatic hydroxyl groups is 1. The van der Waals surface area contributed by atoms with Crippen LogP contribution in [0.2, 0.25) is 0 Å². The molecule has 9 heteroatoms. The molecule has 5 atom stereocenters. The third kappa shape index (κ3) is 3.83. The summed E-state index contributed by atoms with van der Waals surface area (Å²) in [5, 5.41) is 16.6. The van der Waals surface area contributed by atoms with Crippen molar-refractivity contribution in [2.24, 2.45) is 0 Å². The summed E-state index contributed by atoms with van der Waals surface area (Å²) in [6.07, 6.45) is -1.76. The fourth-order valence-corrected chi connectivity index (χ4v) is 4.14. The van der Waals surface area contributed by atoms with Crippen molar-refractivity contribution in [2.45, 2.75) is 37.5 Å². The van der Waals surface area contributed by atoms with Gasteiger partial charge in [0.15, 0.2) is 6.29 Å². The highest BCUT2D eigenvalue weighted by Crippen LogP contribution is 2.32. The van der Waals surface area contributed by atoms with Crippen molar-refractivity contribution in [2.75, 3.05) is 38.1 Å². The van der Waals surface area contributed by atoms with Crippen LogP contribution in [0, 0.1) is 0 Å². The number of benzene rings is 1. The number of hydrogen-bond donors (Lipinski definition) is 3. The van der Waals surface area contributed by atoms with Crippen molar-refractivity contribution >= 4 is 17.6 Å². The van der Waals surface area contributed by atoms with E-state index in [9.17, 15) is 14.7 Å². The lowest BCUT2D eigenvalue weighted by molar-refractivity contribution is -0.185. The first-order valence-electron chi connectivity index (χ1n) is 9.60. The minimum Gasteiger partial charge on any atom is -0.389 e. The summed E-state index contributed by atoms with van der Waals surface area (Å²) < 4.78 is 11.7. The summed E-state index contributed by atoms with van der Waals surface area (Å²) in [5.74, 6) is 0.0504. The van der Waals surface area contributed by atoms with E-state index in [1.54, 1.807) is 24.0 Å². The fourth-order valence-electron chi connectivity index (χ4n) is 4.14. The van der Waals surface area contributed by atoms with Gasteiger partial charge in [-0.1, -0.05) is 18.2 Å². The Balaban J connectivity index is 1.41. The van der Waals surface area contributed by atoms with Gasteiger partial charge in [-0.3, -0.25) is 9.69 Å². The molecule has 3 amide bonds. The molecule has 3 heterocycles. The molecule has 9 nitrogen and oxygen atoms in total. The third-order valence-corrected chi connectivity index (χ3v) is 5.64. The Morgan fingerprint density at radius 1 is 1.14 bits per heavy atom. The number of rotatable bonds is 3. The van der Waals surface area contributed by atoms with Gasteiger partial charge in [-0.15, -0.1) is 0 Å². The first-order valence-corrected chi connectivity index (χ1v) is 9.60. The molecule has 3 fully saturated rings. The number of carbonyl (C=O) groups excluding carboxylic acids is 2. The molecule has 0 aromatic heterocycles. The van der Waals surface area contributed by atoms with E-state index >= 15 is 0 Å². The van der Waals surface area contributed by atoms with Crippen LogP contribution in [0.5, 0.6) is 0 Å². The zero-order valence-electron chi connectivity index (χ0n) is 15.8. The van der Waals surface area contributed by atoms with Gasteiger partial charge in [-0.05, 0) is 12.1 Å². The van der Waals surface area contributed by atoms with Crippen LogP contribution in [-0.2, 0) is 14.3 Å². The van der Waals surface area contributed by atoms with Crippen molar-refractivity contribution in [1.29, 1.82) is 0 Å². The van der Waals surface area contributed by atoms with Crippen molar-refractivity contribution in [3.05, 3.63) is 30.3 Å². The van der Waals surface area contributed by atoms with Crippen LogP contribution >= 0.6 is 0 Å². The molecule has 0 aliphatic carbocycles. The molecule has 3 N–H and O–H groups in total. The number of fused-ring (bicyclic) bond motifs is 2. The molecular formula is C19H26N4O5. The van der Waals surface area contributed by atoms with Crippen LogP contribution in [0.3, 0.4) is 0 Å². The summed E-state index contributed by atoms with van der Waals surface area (Å²) in [6.45, 7) is 4.32. The smallest absolute Gasteiger partial charge is 0.319 e. The Labute approximate surface area is 163 Å². The van der Waals surface area contributed by atoms with Crippen molar-refractivity contribution in [1.82, 2.24) is 15.1 Å². The van der Waals surface area contributed by atoms with Gasteiger partial charge in [0.25, 0.3) is 0 Å². The summed E-state index contributed by atoms with van der Waals surface area (Å²) in [4.78, 5) is 27.8. The van der Waals surface area contributed by atoms with E-state index in [-0.39, 0.29) is 5.91 Å². The van der Waals surface area contributed by atoms with Gasteiger partial charge < -0.3 is 30.1 Å². The molecule has 0 saturated carbocycles. The topological polar surface area (TPSA) is 103 Å². The molecule has 3 aliphatic heterocycles. The minimum atomic E-state index is -0.836. The lowest BCUT2D eigenvalue weighted by Crippen LogP contribution is -2.67. The number of nitrogens with zero attached hydrogens (tertiary/aromatic N) is 2. The monoisotopic (exact) mass is 390 g/mol. The Morgan fingerprint density at radius 2 is 1.86 bits per heavy atom. The maximum Gasteiger partial charge on any atom is 0.319 e. The second-order valence-corrected chi connectivity index (χ2v) is 7.39. The molecule has 3 aliphatic rings. The van der Waals surface area contributed by atoms with Crippen LogP contribution in [0.25, 0.3) is 0 Å². The molecule has 28 heavy (non-hydrogen) atoms. The number of hydrogen-bond acceptors (Lipinski definition) is 6. The highest BCUT2D eigenvalue weighted by Gasteiger charge is 2.52. The third-order valence-electron chi connectivity index (χ3n) is 5.64. The standard InChI is InChI=1S/C19H26N4O5/c1-12(24)22-7-9-23(10-8-22)16-17(25)15(14-11-27-18(16)28-14)21-19(26)20-13-5-3-2-4-6-13/h2-6,14-18,25H,7-11H2,1H3,(H2,20,21,26)/t14-,15+,16-,17-,18+/m0/s1. The van der Waals surface area contributed by atoms with Crippen LogP contribution in [0.4, 0.5) is 10.5 Å². The van der Waals surface area contributed by atoms with Gasteiger partial charge in [0.2, 0.25) is 5.91 Å².